The summed E-state index contributed by atoms with van der Waals surface area (Å²) in [7, 11) is 0. The summed E-state index contributed by atoms with van der Waals surface area (Å²) in [5.74, 6) is 0. The van der Waals surface area contributed by atoms with Gasteiger partial charge in [-0.15, -0.1) is 6.58 Å². The fourth-order valence-corrected chi connectivity index (χ4v) is 1.79. The quantitative estimate of drug-likeness (QED) is 0.596. The van der Waals surface area contributed by atoms with Crippen molar-refractivity contribution in [1.29, 1.82) is 0 Å². The molecule has 0 fully saturated rings. The Morgan fingerprint density at radius 3 is 2.83 bits per heavy atom. The van der Waals surface area contributed by atoms with Crippen LogP contribution in [0.4, 0.5) is 0 Å². The maximum absolute atomic E-state index is 4.37. The smallest absolute Gasteiger partial charge is 0.0659 e. The Hall–Kier alpha value is -1.87. The van der Waals surface area contributed by atoms with Gasteiger partial charge in [-0.2, -0.15) is 5.10 Å². The zero-order valence-electron chi connectivity index (χ0n) is 10.5. The van der Waals surface area contributed by atoms with Crippen molar-refractivity contribution in [3.8, 4) is 0 Å². The standard InChI is InChI=1S/C15H19N3/c1-2-3-9-16-10-15-11-17-18(13-15)12-14-7-5-4-6-8-14/h2,4-8,11,13,16H,1,3,9-10,12H2. The van der Waals surface area contributed by atoms with E-state index < -0.39 is 0 Å². The van der Waals surface area contributed by atoms with Gasteiger partial charge < -0.3 is 5.32 Å². The summed E-state index contributed by atoms with van der Waals surface area (Å²) < 4.78 is 1.97. The van der Waals surface area contributed by atoms with Crippen LogP contribution in [0, 0.1) is 0 Å². The fourth-order valence-electron chi connectivity index (χ4n) is 1.79. The van der Waals surface area contributed by atoms with Gasteiger partial charge in [0.1, 0.15) is 0 Å². The molecule has 3 heteroatoms. The molecule has 2 aromatic rings. The Kier molecular flexibility index (Phi) is 4.73. The maximum Gasteiger partial charge on any atom is 0.0659 e. The first-order chi connectivity index (χ1) is 8.88. The topological polar surface area (TPSA) is 29.9 Å². The summed E-state index contributed by atoms with van der Waals surface area (Å²) in [6, 6.07) is 10.4. The minimum atomic E-state index is 0.827. The molecule has 1 heterocycles. The molecule has 0 aliphatic heterocycles. The van der Waals surface area contributed by atoms with Gasteiger partial charge in [-0.05, 0) is 18.5 Å². The summed E-state index contributed by atoms with van der Waals surface area (Å²) in [4.78, 5) is 0. The van der Waals surface area contributed by atoms with Crippen molar-refractivity contribution in [1.82, 2.24) is 15.1 Å². The normalized spacial score (nSPS) is 10.4. The monoisotopic (exact) mass is 241 g/mol. The average molecular weight is 241 g/mol. The highest BCUT2D eigenvalue weighted by molar-refractivity contribution is 5.15. The molecule has 3 nitrogen and oxygen atoms in total. The summed E-state index contributed by atoms with van der Waals surface area (Å²) in [5.41, 5.74) is 2.49. The van der Waals surface area contributed by atoms with Crippen molar-refractivity contribution in [2.24, 2.45) is 0 Å². The van der Waals surface area contributed by atoms with E-state index in [0.29, 0.717) is 0 Å². The lowest BCUT2D eigenvalue weighted by Crippen LogP contribution is -2.13. The van der Waals surface area contributed by atoms with Crippen LogP contribution in [0.25, 0.3) is 0 Å². The predicted octanol–water partition coefficient (Wildman–Crippen LogP) is 2.60. The molecule has 0 atom stereocenters. The van der Waals surface area contributed by atoms with Crippen molar-refractivity contribution in [2.45, 2.75) is 19.5 Å². The predicted molar refractivity (Wildman–Crippen MR) is 74.3 cm³/mol. The van der Waals surface area contributed by atoms with Crippen molar-refractivity contribution in [3.63, 3.8) is 0 Å². The molecule has 0 radical (unpaired) electrons. The van der Waals surface area contributed by atoms with E-state index in [2.05, 4.69) is 47.5 Å². The summed E-state index contributed by atoms with van der Waals surface area (Å²) in [6.07, 6.45) is 6.93. The van der Waals surface area contributed by atoms with Crippen molar-refractivity contribution >= 4 is 0 Å². The van der Waals surface area contributed by atoms with Gasteiger partial charge in [0.25, 0.3) is 0 Å². The van der Waals surface area contributed by atoms with Crippen LogP contribution in [0.15, 0.2) is 55.4 Å². The first kappa shape index (κ1) is 12.6. The third-order valence-corrected chi connectivity index (χ3v) is 2.73. The van der Waals surface area contributed by atoms with E-state index in [1.54, 1.807) is 0 Å². The highest BCUT2D eigenvalue weighted by atomic mass is 15.3. The molecular formula is C15H19N3. The van der Waals surface area contributed by atoms with E-state index in [4.69, 9.17) is 0 Å². The summed E-state index contributed by atoms with van der Waals surface area (Å²) >= 11 is 0. The number of benzene rings is 1. The Labute approximate surface area is 108 Å². The van der Waals surface area contributed by atoms with Crippen LogP contribution in [0.2, 0.25) is 0 Å². The molecule has 0 unspecified atom stereocenters. The number of hydrogen-bond donors (Lipinski definition) is 1. The summed E-state index contributed by atoms with van der Waals surface area (Å²) in [5, 5.41) is 7.72. The molecule has 18 heavy (non-hydrogen) atoms. The van der Waals surface area contributed by atoms with Gasteiger partial charge in [-0.1, -0.05) is 36.4 Å². The Morgan fingerprint density at radius 2 is 2.06 bits per heavy atom. The lowest BCUT2D eigenvalue weighted by molar-refractivity contribution is 0.678. The molecule has 1 aromatic carbocycles. The zero-order valence-corrected chi connectivity index (χ0v) is 10.5. The Morgan fingerprint density at radius 1 is 1.22 bits per heavy atom. The minimum Gasteiger partial charge on any atom is -0.312 e. The number of nitrogens with one attached hydrogen (secondary N) is 1. The molecule has 0 aliphatic rings. The second-order valence-electron chi connectivity index (χ2n) is 4.29. The zero-order chi connectivity index (χ0) is 12.6. The molecule has 1 N–H and O–H groups in total. The summed E-state index contributed by atoms with van der Waals surface area (Å²) in [6.45, 7) is 6.36. The van der Waals surface area contributed by atoms with E-state index >= 15 is 0 Å². The van der Waals surface area contributed by atoms with Crippen LogP contribution in [-0.2, 0) is 13.1 Å². The molecule has 0 aliphatic carbocycles. The number of aromatic nitrogens is 2. The lowest BCUT2D eigenvalue weighted by atomic mass is 10.2. The Bertz CT molecular complexity index is 473. The number of nitrogens with zero attached hydrogens (tertiary/aromatic N) is 2. The van der Waals surface area contributed by atoms with Gasteiger partial charge in [0.05, 0.1) is 12.7 Å². The first-order valence-corrected chi connectivity index (χ1v) is 6.25. The van der Waals surface area contributed by atoms with E-state index in [1.807, 2.05) is 23.0 Å². The molecular weight excluding hydrogens is 222 g/mol. The molecule has 0 saturated heterocycles. The van der Waals surface area contributed by atoms with Crippen LogP contribution in [-0.4, -0.2) is 16.3 Å². The molecule has 0 saturated carbocycles. The molecule has 0 bridgehead atoms. The number of hydrogen-bond acceptors (Lipinski definition) is 2. The van der Waals surface area contributed by atoms with E-state index in [-0.39, 0.29) is 0 Å². The van der Waals surface area contributed by atoms with Crippen LogP contribution in [0.3, 0.4) is 0 Å². The molecule has 0 amide bonds. The second-order valence-corrected chi connectivity index (χ2v) is 4.29. The van der Waals surface area contributed by atoms with Crippen LogP contribution in [0.5, 0.6) is 0 Å². The minimum absolute atomic E-state index is 0.827. The highest BCUT2D eigenvalue weighted by Gasteiger charge is 1.99. The third-order valence-electron chi connectivity index (χ3n) is 2.73. The van der Waals surface area contributed by atoms with Crippen molar-refractivity contribution in [3.05, 3.63) is 66.5 Å². The fraction of sp³-hybridized carbons (Fsp3) is 0.267. The van der Waals surface area contributed by atoms with E-state index in [9.17, 15) is 0 Å². The lowest BCUT2D eigenvalue weighted by Gasteiger charge is -2.01. The van der Waals surface area contributed by atoms with Gasteiger partial charge in [-0.3, -0.25) is 4.68 Å². The van der Waals surface area contributed by atoms with Gasteiger partial charge in [0.2, 0.25) is 0 Å². The SMILES string of the molecule is C=CCCNCc1cnn(Cc2ccccc2)c1. The van der Waals surface area contributed by atoms with Crippen molar-refractivity contribution in [2.75, 3.05) is 6.54 Å². The van der Waals surface area contributed by atoms with E-state index in [0.717, 1.165) is 26.1 Å². The molecule has 94 valence electrons. The average Bonchev–Trinajstić information content (AvgIpc) is 2.84. The van der Waals surface area contributed by atoms with Gasteiger partial charge in [-0.25, -0.2) is 0 Å². The molecule has 1 aromatic heterocycles. The molecule has 0 spiro atoms. The first-order valence-electron chi connectivity index (χ1n) is 6.25. The molecule has 2 rings (SSSR count). The Balaban J connectivity index is 1.84. The van der Waals surface area contributed by atoms with Crippen LogP contribution < -0.4 is 5.32 Å². The number of rotatable bonds is 7. The largest absolute Gasteiger partial charge is 0.312 e. The van der Waals surface area contributed by atoms with Crippen LogP contribution in [0.1, 0.15) is 17.5 Å². The second kappa shape index (κ2) is 6.77. The third kappa shape index (κ3) is 3.86. The van der Waals surface area contributed by atoms with Gasteiger partial charge >= 0.3 is 0 Å². The maximum atomic E-state index is 4.37. The van der Waals surface area contributed by atoms with Gasteiger partial charge in [0.15, 0.2) is 0 Å². The highest BCUT2D eigenvalue weighted by Crippen LogP contribution is 2.03. The van der Waals surface area contributed by atoms with Crippen molar-refractivity contribution < 1.29 is 0 Å². The van der Waals surface area contributed by atoms with Gasteiger partial charge in [0, 0.05) is 18.3 Å². The van der Waals surface area contributed by atoms with E-state index in [1.165, 1.54) is 11.1 Å². The van der Waals surface area contributed by atoms with Crippen LogP contribution >= 0.6 is 0 Å².